The molecule has 5 heteroatoms. The smallest absolute Gasteiger partial charge is 0.243 e. The molecule has 1 aliphatic carbocycles. The average Bonchev–Trinajstić information content (AvgIpc) is 2.84. The van der Waals surface area contributed by atoms with Gasteiger partial charge in [0.1, 0.15) is 11.5 Å². The number of hydrogen-bond acceptors (Lipinski definition) is 5. The van der Waals surface area contributed by atoms with Crippen LogP contribution in [0.2, 0.25) is 0 Å². The lowest BCUT2D eigenvalue weighted by Gasteiger charge is -2.61. The molecule has 1 aromatic rings. The number of pyridine rings is 1. The summed E-state index contributed by atoms with van der Waals surface area (Å²) in [6.45, 7) is 8.47. The Morgan fingerprint density at radius 3 is 2.73 bits per heavy atom. The van der Waals surface area contributed by atoms with Gasteiger partial charge in [0, 0.05) is 31.4 Å². The van der Waals surface area contributed by atoms with Crippen LogP contribution in [0.4, 0.5) is 0 Å². The van der Waals surface area contributed by atoms with E-state index in [0.29, 0.717) is 11.8 Å². The third kappa shape index (κ3) is 1.99. The Morgan fingerprint density at radius 2 is 1.96 bits per heavy atom. The summed E-state index contributed by atoms with van der Waals surface area (Å²) in [7, 11) is 0. The van der Waals surface area contributed by atoms with Gasteiger partial charge in [-0.2, -0.15) is 0 Å². The summed E-state index contributed by atoms with van der Waals surface area (Å²) >= 11 is 0. The molecule has 5 heterocycles. The molecular weight excluding hydrogens is 330 g/mol. The summed E-state index contributed by atoms with van der Waals surface area (Å²) in [6, 6.07) is 5.91. The highest BCUT2D eigenvalue weighted by Gasteiger charge is 2.74. The quantitative estimate of drug-likeness (QED) is 0.695. The summed E-state index contributed by atoms with van der Waals surface area (Å²) < 4.78 is 13.2. The number of nitrogens with zero attached hydrogens (tertiary/aromatic N) is 1. The van der Waals surface area contributed by atoms with Gasteiger partial charge in [-0.25, -0.2) is 9.78 Å². The first-order valence-electron chi connectivity index (χ1n) is 9.77. The number of ether oxygens (including phenoxy) is 2. The lowest BCUT2D eigenvalue weighted by molar-refractivity contribution is -0.579. The third-order valence-electron chi connectivity index (χ3n) is 7.13. The highest BCUT2D eigenvalue weighted by atomic mass is 17.3. The van der Waals surface area contributed by atoms with E-state index in [1.54, 1.807) is 6.20 Å². The van der Waals surface area contributed by atoms with Crippen molar-refractivity contribution in [1.29, 1.82) is 0 Å². The van der Waals surface area contributed by atoms with Gasteiger partial charge in [0.25, 0.3) is 0 Å². The van der Waals surface area contributed by atoms with Crippen LogP contribution in [-0.4, -0.2) is 22.2 Å². The maximum absolute atomic E-state index is 6.62. The Bertz CT molecular complexity index is 765. The second-order valence-electron chi connectivity index (χ2n) is 8.72. The molecule has 0 aromatic carbocycles. The predicted molar refractivity (Wildman–Crippen MR) is 95.3 cm³/mol. The maximum Gasteiger partial charge on any atom is 0.243 e. The molecule has 1 aromatic heterocycles. The Kier molecular flexibility index (Phi) is 3.41. The summed E-state index contributed by atoms with van der Waals surface area (Å²) in [6.07, 6.45) is 5.87. The van der Waals surface area contributed by atoms with Crippen molar-refractivity contribution < 1.29 is 19.2 Å². The SMILES string of the molecule is CC1=C(c2ccccn2)O[C@@]2(C)OC3(C)CC[C@H]4[C@H](C)CC[C@@H]1[C@]42OO3. The van der Waals surface area contributed by atoms with E-state index >= 15 is 0 Å². The molecule has 26 heavy (non-hydrogen) atoms. The Morgan fingerprint density at radius 1 is 1.12 bits per heavy atom. The van der Waals surface area contributed by atoms with Crippen molar-refractivity contribution in [2.45, 2.75) is 70.6 Å². The third-order valence-corrected chi connectivity index (χ3v) is 7.13. The van der Waals surface area contributed by atoms with Crippen LogP contribution in [0.5, 0.6) is 0 Å². The largest absolute Gasteiger partial charge is 0.457 e. The summed E-state index contributed by atoms with van der Waals surface area (Å²) in [4.78, 5) is 16.7. The average molecular weight is 357 g/mol. The molecule has 5 nitrogen and oxygen atoms in total. The van der Waals surface area contributed by atoms with Crippen LogP contribution in [0.1, 0.15) is 59.1 Å². The van der Waals surface area contributed by atoms with E-state index in [1.807, 2.05) is 32.0 Å². The highest BCUT2D eigenvalue weighted by Crippen LogP contribution is 2.64. The van der Waals surface area contributed by atoms with Crippen LogP contribution >= 0.6 is 0 Å². The van der Waals surface area contributed by atoms with E-state index in [0.717, 1.165) is 30.7 Å². The Hall–Kier alpha value is -1.43. The van der Waals surface area contributed by atoms with Crippen LogP contribution in [-0.2, 0) is 19.2 Å². The molecule has 6 atom stereocenters. The van der Waals surface area contributed by atoms with E-state index < -0.39 is 17.2 Å². The van der Waals surface area contributed by atoms with Gasteiger partial charge in [-0.1, -0.05) is 13.0 Å². The zero-order valence-electron chi connectivity index (χ0n) is 16.0. The second-order valence-corrected chi connectivity index (χ2v) is 8.72. The van der Waals surface area contributed by atoms with Crippen LogP contribution in [0.15, 0.2) is 30.0 Å². The maximum atomic E-state index is 6.62. The number of aromatic nitrogens is 1. The fourth-order valence-electron chi connectivity index (χ4n) is 5.87. The minimum absolute atomic E-state index is 0.196. The monoisotopic (exact) mass is 357 g/mol. The van der Waals surface area contributed by atoms with E-state index in [1.165, 1.54) is 12.0 Å². The fourth-order valence-corrected chi connectivity index (χ4v) is 5.87. The molecule has 1 saturated carbocycles. The molecule has 4 aliphatic heterocycles. The summed E-state index contributed by atoms with van der Waals surface area (Å²) in [5.41, 5.74) is 1.44. The van der Waals surface area contributed by atoms with Gasteiger partial charge in [0.15, 0.2) is 5.60 Å². The molecule has 140 valence electrons. The van der Waals surface area contributed by atoms with Crippen LogP contribution in [0, 0.1) is 17.8 Å². The second kappa shape index (κ2) is 5.31. The first-order valence-corrected chi connectivity index (χ1v) is 9.77. The molecule has 2 bridgehead atoms. The van der Waals surface area contributed by atoms with Crippen LogP contribution in [0.3, 0.4) is 0 Å². The zero-order valence-corrected chi connectivity index (χ0v) is 16.0. The standard InChI is InChI=1S/C21H27NO4/c1-13-8-9-16-14(2)18(17-7-5-6-12-22-17)23-20(4)21(16)15(13)10-11-19(3,24-20)25-26-21/h5-7,12-13,15-16H,8-11H2,1-4H3/t13-,15+,16+,19?,20+,21-/m1/s1. The van der Waals surface area contributed by atoms with Crippen molar-refractivity contribution in [2.24, 2.45) is 17.8 Å². The molecule has 0 amide bonds. The lowest BCUT2D eigenvalue weighted by Crippen LogP contribution is -2.72. The highest BCUT2D eigenvalue weighted by molar-refractivity contribution is 5.62. The first-order chi connectivity index (χ1) is 12.4. The van der Waals surface area contributed by atoms with E-state index in [-0.39, 0.29) is 5.92 Å². The first kappa shape index (κ1) is 16.7. The van der Waals surface area contributed by atoms with E-state index in [4.69, 9.17) is 19.2 Å². The molecule has 1 spiro atoms. The minimum Gasteiger partial charge on any atom is -0.457 e. The molecule has 0 N–H and O–H groups in total. The van der Waals surface area contributed by atoms with Gasteiger partial charge >= 0.3 is 0 Å². The van der Waals surface area contributed by atoms with Crippen LogP contribution < -0.4 is 0 Å². The molecule has 0 radical (unpaired) electrons. The van der Waals surface area contributed by atoms with Gasteiger partial charge in [-0.15, -0.1) is 0 Å². The molecule has 4 fully saturated rings. The van der Waals surface area contributed by atoms with Gasteiger partial charge in [0.05, 0.1) is 0 Å². The number of rotatable bonds is 1. The van der Waals surface area contributed by atoms with Crippen molar-refractivity contribution in [3.05, 3.63) is 35.7 Å². The molecule has 5 aliphatic rings. The number of hydrogen-bond donors (Lipinski definition) is 0. The normalized spacial score (nSPS) is 47.2. The summed E-state index contributed by atoms with van der Waals surface area (Å²) in [5, 5.41) is 0. The van der Waals surface area contributed by atoms with E-state index in [2.05, 4.69) is 18.8 Å². The molecule has 6 rings (SSSR count). The van der Waals surface area contributed by atoms with Crippen molar-refractivity contribution in [2.75, 3.05) is 0 Å². The van der Waals surface area contributed by atoms with Crippen molar-refractivity contribution in [3.63, 3.8) is 0 Å². The number of fused-ring (bicyclic) bond motifs is 2. The molecular formula is C21H27NO4. The lowest BCUT2D eigenvalue weighted by atomic mass is 9.57. The molecule has 3 saturated heterocycles. The summed E-state index contributed by atoms with van der Waals surface area (Å²) in [5.74, 6) is 0.246. The fraction of sp³-hybridized carbons (Fsp3) is 0.667. The van der Waals surface area contributed by atoms with Gasteiger partial charge in [-0.05, 0) is 56.7 Å². The predicted octanol–water partition coefficient (Wildman–Crippen LogP) is 4.45. The van der Waals surface area contributed by atoms with Crippen molar-refractivity contribution >= 4 is 5.76 Å². The van der Waals surface area contributed by atoms with Crippen LogP contribution in [0.25, 0.3) is 5.76 Å². The van der Waals surface area contributed by atoms with Gasteiger partial charge in [-0.3, -0.25) is 4.98 Å². The minimum atomic E-state index is -0.896. The zero-order chi connectivity index (χ0) is 18.2. The van der Waals surface area contributed by atoms with Gasteiger partial charge < -0.3 is 9.47 Å². The molecule has 1 unspecified atom stereocenters. The van der Waals surface area contributed by atoms with Crippen molar-refractivity contribution in [3.8, 4) is 0 Å². The Balaban J connectivity index is 1.72. The van der Waals surface area contributed by atoms with Gasteiger partial charge in [0.2, 0.25) is 11.6 Å². The van der Waals surface area contributed by atoms with E-state index in [9.17, 15) is 0 Å². The topological polar surface area (TPSA) is 49.8 Å². The Labute approximate surface area is 154 Å². The van der Waals surface area contributed by atoms with Crippen molar-refractivity contribution in [1.82, 2.24) is 4.98 Å².